The zero-order valence-corrected chi connectivity index (χ0v) is 9.28. The third-order valence-electron chi connectivity index (χ3n) is 0.756. The van der Waals surface area contributed by atoms with E-state index >= 15 is 0 Å². The average molecular weight is 186 g/mol. The van der Waals surface area contributed by atoms with Gasteiger partial charge in [-0.25, -0.2) is 0 Å². The van der Waals surface area contributed by atoms with E-state index in [4.69, 9.17) is 10.2 Å². The molecule has 0 radical (unpaired) electrons. The third kappa shape index (κ3) is 18.2. The number of hydrogen-bond acceptors (Lipinski definition) is 2. The minimum absolute atomic E-state index is 0.322. The standard InChI is InChI=1S/C6H6O.2C2H6.CH4O/c7-6-4-2-1-3-5-6;3*1-2/h1-5,7H;2*1-2H3;2H,1H3. The number of phenols is 1. The third-order valence-corrected chi connectivity index (χ3v) is 0.756. The molecule has 0 spiro atoms. The van der Waals surface area contributed by atoms with Crippen LogP contribution >= 0.6 is 0 Å². The molecule has 0 heterocycles. The number of aromatic hydroxyl groups is 1. The summed E-state index contributed by atoms with van der Waals surface area (Å²) < 4.78 is 0. The minimum Gasteiger partial charge on any atom is -0.508 e. The number of hydrogen-bond donors (Lipinski definition) is 2. The fourth-order valence-electron chi connectivity index (χ4n) is 0.428. The first-order valence-corrected chi connectivity index (χ1v) is 4.58. The predicted molar refractivity (Wildman–Crippen MR) is 58.9 cm³/mol. The Bertz CT molecular complexity index is 138. The van der Waals surface area contributed by atoms with E-state index in [1.54, 1.807) is 24.3 Å². The Balaban J connectivity index is -0.000000144. The zero-order chi connectivity index (χ0) is 11.1. The average Bonchev–Trinajstić information content (AvgIpc) is 2.28. The van der Waals surface area contributed by atoms with Crippen LogP contribution in [0.3, 0.4) is 0 Å². The molecule has 0 saturated heterocycles. The maximum Gasteiger partial charge on any atom is 0.115 e. The highest BCUT2D eigenvalue weighted by Gasteiger charge is 1.74. The molecule has 0 aliphatic heterocycles. The lowest BCUT2D eigenvalue weighted by Crippen LogP contribution is -1.56. The zero-order valence-electron chi connectivity index (χ0n) is 9.28. The van der Waals surface area contributed by atoms with Gasteiger partial charge in [0.25, 0.3) is 0 Å². The van der Waals surface area contributed by atoms with E-state index in [1.165, 1.54) is 0 Å². The first kappa shape index (κ1) is 17.9. The van der Waals surface area contributed by atoms with Gasteiger partial charge in [-0.05, 0) is 12.1 Å². The Morgan fingerprint density at radius 2 is 1.08 bits per heavy atom. The highest BCUT2D eigenvalue weighted by molar-refractivity contribution is 5.18. The highest BCUT2D eigenvalue weighted by atomic mass is 16.3. The summed E-state index contributed by atoms with van der Waals surface area (Å²) in [5.41, 5.74) is 0. The largest absolute Gasteiger partial charge is 0.508 e. The van der Waals surface area contributed by atoms with E-state index in [2.05, 4.69) is 0 Å². The molecular weight excluding hydrogens is 164 g/mol. The van der Waals surface area contributed by atoms with Gasteiger partial charge in [0.15, 0.2) is 0 Å². The first-order valence-electron chi connectivity index (χ1n) is 4.58. The molecule has 0 fully saturated rings. The van der Waals surface area contributed by atoms with Gasteiger partial charge in [0.2, 0.25) is 0 Å². The molecule has 0 aliphatic carbocycles. The minimum atomic E-state index is 0.322. The van der Waals surface area contributed by atoms with Crippen molar-refractivity contribution < 1.29 is 10.2 Å². The summed E-state index contributed by atoms with van der Waals surface area (Å²) in [6, 6.07) is 8.71. The summed E-state index contributed by atoms with van der Waals surface area (Å²) in [4.78, 5) is 0. The van der Waals surface area contributed by atoms with Crippen molar-refractivity contribution in [3.63, 3.8) is 0 Å². The van der Waals surface area contributed by atoms with Gasteiger partial charge in [0.05, 0.1) is 0 Å². The Labute approximate surface area is 81.9 Å². The molecule has 2 nitrogen and oxygen atoms in total. The molecule has 0 unspecified atom stereocenters. The molecule has 13 heavy (non-hydrogen) atoms. The van der Waals surface area contributed by atoms with Crippen LogP contribution in [0.5, 0.6) is 5.75 Å². The molecule has 0 amide bonds. The topological polar surface area (TPSA) is 40.5 Å². The maximum absolute atomic E-state index is 8.63. The van der Waals surface area contributed by atoms with E-state index in [1.807, 2.05) is 33.8 Å². The van der Waals surface area contributed by atoms with E-state index in [0.29, 0.717) is 5.75 Å². The van der Waals surface area contributed by atoms with Crippen LogP contribution in [0.15, 0.2) is 30.3 Å². The summed E-state index contributed by atoms with van der Waals surface area (Å²) in [6.07, 6.45) is 0. The normalized spacial score (nSPS) is 6.00. The molecule has 2 N–H and O–H groups in total. The number of para-hydroxylation sites is 1. The van der Waals surface area contributed by atoms with Gasteiger partial charge in [-0.1, -0.05) is 45.9 Å². The van der Waals surface area contributed by atoms with E-state index < -0.39 is 0 Å². The fraction of sp³-hybridized carbons (Fsp3) is 0.455. The summed E-state index contributed by atoms with van der Waals surface area (Å²) >= 11 is 0. The SMILES string of the molecule is CC.CC.CO.Oc1ccccc1. The van der Waals surface area contributed by atoms with Crippen molar-refractivity contribution in [2.75, 3.05) is 7.11 Å². The predicted octanol–water partition coefficient (Wildman–Crippen LogP) is 3.05. The number of phenolic OH excluding ortho intramolecular Hbond substituents is 1. The van der Waals surface area contributed by atoms with Gasteiger partial charge >= 0.3 is 0 Å². The summed E-state index contributed by atoms with van der Waals surface area (Å²) in [6.45, 7) is 8.00. The van der Waals surface area contributed by atoms with Crippen LogP contribution in [0.1, 0.15) is 27.7 Å². The van der Waals surface area contributed by atoms with Crippen molar-refractivity contribution in [3.05, 3.63) is 30.3 Å². The van der Waals surface area contributed by atoms with Crippen LogP contribution in [0.25, 0.3) is 0 Å². The maximum atomic E-state index is 8.63. The summed E-state index contributed by atoms with van der Waals surface area (Å²) in [7, 11) is 1.00. The monoisotopic (exact) mass is 186 g/mol. The lowest BCUT2D eigenvalue weighted by atomic mass is 10.3. The van der Waals surface area contributed by atoms with Crippen molar-refractivity contribution in [3.8, 4) is 5.75 Å². The van der Waals surface area contributed by atoms with Gasteiger partial charge in [-0.3, -0.25) is 0 Å². The van der Waals surface area contributed by atoms with Crippen LogP contribution in [-0.4, -0.2) is 17.3 Å². The molecule has 0 aliphatic rings. The number of benzene rings is 1. The molecule has 0 atom stereocenters. The van der Waals surface area contributed by atoms with Crippen molar-refractivity contribution in [1.29, 1.82) is 0 Å². The van der Waals surface area contributed by atoms with Crippen LogP contribution in [-0.2, 0) is 0 Å². The van der Waals surface area contributed by atoms with Crippen LogP contribution in [0.2, 0.25) is 0 Å². The smallest absolute Gasteiger partial charge is 0.115 e. The lowest BCUT2D eigenvalue weighted by molar-refractivity contribution is 0.399. The van der Waals surface area contributed by atoms with E-state index in [0.717, 1.165) is 7.11 Å². The molecule has 78 valence electrons. The Morgan fingerprint density at radius 1 is 0.769 bits per heavy atom. The van der Waals surface area contributed by atoms with Gasteiger partial charge in [-0.15, -0.1) is 0 Å². The molecule has 0 aromatic heterocycles. The molecule has 1 aromatic carbocycles. The van der Waals surface area contributed by atoms with Crippen LogP contribution in [0, 0.1) is 0 Å². The first-order chi connectivity index (χ1) is 6.39. The van der Waals surface area contributed by atoms with Gasteiger partial charge < -0.3 is 10.2 Å². The van der Waals surface area contributed by atoms with Crippen LogP contribution in [0.4, 0.5) is 0 Å². The van der Waals surface area contributed by atoms with Crippen molar-refractivity contribution in [2.24, 2.45) is 0 Å². The summed E-state index contributed by atoms with van der Waals surface area (Å²) in [5, 5.41) is 15.6. The number of aliphatic hydroxyl groups excluding tert-OH is 1. The molecule has 2 heteroatoms. The number of rotatable bonds is 0. The Hall–Kier alpha value is -1.02. The molecule has 1 aromatic rings. The van der Waals surface area contributed by atoms with Gasteiger partial charge in [0.1, 0.15) is 5.75 Å². The van der Waals surface area contributed by atoms with Crippen LogP contribution < -0.4 is 0 Å². The van der Waals surface area contributed by atoms with Crippen molar-refractivity contribution >= 4 is 0 Å². The van der Waals surface area contributed by atoms with E-state index in [9.17, 15) is 0 Å². The Morgan fingerprint density at radius 3 is 1.23 bits per heavy atom. The number of aliphatic hydroxyl groups is 1. The van der Waals surface area contributed by atoms with Crippen molar-refractivity contribution in [1.82, 2.24) is 0 Å². The van der Waals surface area contributed by atoms with E-state index in [-0.39, 0.29) is 0 Å². The molecule has 1 rings (SSSR count). The molecule has 0 saturated carbocycles. The van der Waals surface area contributed by atoms with Gasteiger partial charge in [-0.2, -0.15) is 0 Å². The van der Waals surface area contributed by atoms with Gasteiger partial charge in [0, 0.05) is 7.11 Å². The Kier molecular flexibility index (Phi) is 30.9. The second kappa shape index (κ2) is 22.4. The molecule has 0 bridgehead atoms. The second-order valence-electron chi connectivity index (χ2n) is 1.34. The quantitative estimate of drug-likeness (QED) is 0.653. The highest BCUT2D eigenvalue weighted by Crippen LogP contribution is 2.02. The second-order valence-corrected chi connectivity index (χ2v) is 1.34. The molecular formula is C11H22O2. The van der Waals surface area contributed by atoms with Crippen molar-refractivity contribution in [2.45, 2.75) is 27.7 Å². The lowest BCUT2D eigenvalue weighted by Gasteiger charge is -1.82. The summed E-state index contributed by atoms with van der Waals surface area (Å²) in [5.74, 6) is 0.322. The fourth-order valence-corrected chi connectivity index (χ4v) is 0.428.